The van der Waals surface area contributed by atoms with Crippen LogP contribution in [0.5, 0.6) is 5.75 Å². The number of fused-ring (bicyclic) bond motifs is 1. The predicted molar refractivity (Wildman–Crippen MR) is 71.2 cm³/mol. The molecule has 0 spiro atoms. The van der Waals surface area contributed by atoms with Gasteiger partial charge in [0.1, 0.15) is 17.9 Å². The molecule has 1 aliphatic heterocycles. The van der Waals surface area contributed by atoms with Crippen LogP contribution in [0.2, 0.25) is 0 Å². The van der Waals surface area contributed by atoms with Crippen molar-refractivity contribution in [3.63, 3.8) is 0 Å². The smallest absolute Gasteiger partial charge is 0.268 e. The van der Waals surface area contributed by atoms with E-state index >= 15 is 0 Å². The van der Waals surface area contributed by atoms with Crippen molar-refractivity contribution in [1.82, 2.24) is 9.97 Å². The van der Waals surface area contributed by atoms with E-state index in [2.05, 4.69) is 15.3 Å². The standard InChI is InChI=1S/C14H9N5O2/c15-6-9-10(7-16)18-14(17-9)19-13(20)12-5-8-3-1-2-4-11(8)21-12/h1-4,12H,5H2,(H2,17,18,19,20)/t12-/m1/s1. The molecule has 2 N–H and O–H groups in total. The summed E-state index contributed by atoms with van der Waals surface area (Å²) in [7, 11) is 0. The molecule has 1 aromatic carbocycles. The molecule has 21 heavy (non-hydrogen) atoms. The fourth-order valence-electron chi connectivity index (χ4n) is 2.12. The third-order valence-electron chi connectivity index (χ3n) is 3.10. The third kappa shape index (κ3) is 2.28. The Morgan fingerprint density at radius 2 is 2.19 bits per heavy atom. The Morgan fingerprint density at radius 1 is 1.38 bits per heavy atom. The van der Waals surface area contributed by atoms with Gasteiger partial charge in [-0.2, -0.15) is 10.5 Å². The molecule has 0 saturated carbocycles. The first-order valence-electron chi connectivity index (χ1n) is 6.17. The number of nitriles is 2. The van der Waals surface area contributed by atoms with Gasteiger partial charge in [-0.25, -0.2) is 4.98 Å². The molecule has 0 bridgehead atoms. The Bertz CT molecular complexity index is 740. The summed E-state index contributed by atoms with van der Waals surface area (Å²) in [5.41, 5.74) is 0.930. The van der Waals surface area contributed by atoms with E-state index in [1.165, 1.54) is 0 Å². The normalized spacial score (nSPS) is 15.4. The van der Waals surface area contributed by atoms with Crippen molar-refractivity contribution < 1.29 is 9.53 Å². The van der Waals surface area contributed by atoms with E-state index in [1.54, 1.807) is 18.2 Å². The van der Waals surface area contributed by atoms with Gasteiger partial charge in [0.25, 0.3) is 5.91 Å². The van der Waals surface area contributed by atoms with Gasteiger partial charge in [0.2, 0.25) is 5.95 Å². The lowest BCUT2D eigenvalue weighted by Crippen LogP contribution is -2.31. The Morgan fingerprint density at radius 3 is 2.86 bits per heavy atom. The minimum Gasteiger partial charge on any atom is -0.480 e. The summed E-state index contributed by atoms with van der Waals surface area (Å²) in [6.07, 6.45) is -0.178. The topological polar surface area (TPSA) is 115 Å². The molecule has 0 saturated heterocycles. The van der Waals surface area contributed by atoms with E-state index in [9.17, 15) is 4.79 Å². The number of amides is 1. The monoisotopic (exact) mass is 279 g/mol. The lowest BCUT2D eigenvalue weighted by Gasteiger charge is -2.09. The third-order valence-corrected chi connectivity index (χ3v) is 3.10. The van der Waals surface area contributed by atoms with Gasteiger partial charge in [0.15, 0.2) is 17.5 Å². The maximum Gasteiger partial charge on any atom is 0.268 e. The summed E-state index contributed by atoms with van der Waals surface area (Å²) < 4.78 is 5.55. The molecule has 7 heteroatoms. The van der Waals surface area contributed by atoms with Gasteiger partial charge < -0.3 is 9.72 Å². The van der Waals surface area contributed by atoms with Crippen molar-refractivity contribution in [3.05, 3.63) is 41.2 Å². The minimum atomic E-state index is -0.649. The number of rotatable bonds is 2. The Hall–Kier alpha value is -3.32. The van der Waals surface area contributed by atoms with Crippen LogP contribution in [0.3, 0.4) is 0 Å². The Kier molecular flexibility index (Phi) is 3.02. The van der Waals surface area contributed by atoms with Crippen molar-refractivity contribution >= 4 is 11.9 Å². The van der Waals surface area contributed by atoms with Crippen LogP contribution in [-0.2, 0) is 11.2 Å². The van der Waals surface area contributed by atoms with Gasteiger partial charge in [-0.3, -0.25) is 10.1 Å². The number of nitrogens with one attached hydrogen (secondary N) is 2. The van der Waals surface area contributed by atoms with Crippen LogP contribution >= 0.6 is 0 Å². The van der Waals surface area contributed by atoms with E-state index in [0.29, 0.717) is 12.2 Å². The number of nitrogens with zero attached hydrogens (tertiary/aromatic N) is 3. The lowest BCUT2D eigenvalue weighted by atomic mass is 10.1. The molecular weight excluding hydrogens is 270 g/mol. The highest BCUT2D eigenvalue weighted by atomic mass is 16.5. The zero-order valence-corrected chi connectivity index (χ0v) is 10.8. The molecule has 3 rings (SSSR count). The average molecular weight is 279 g/mol. The summed E-state index contributed by atoms with van der Waals surface area (Å²) in [6, 6.07) is 11.0. The summed E-state index contributed by atoms with van der Waals surface area (Å²) >= 11 is 0. The molecule has 1 atom stereocenters. The molecule has 1 aliphatic rings. The second-order valence-corrected chi connectivity index (χ2v) is 4.44. The lowest BCUT2D eigenvalue weighted by molar-refractivity contribution is -0.122. The summed E-state index contributed by atoms with van der Waals surface area (Å²) in [6.45, 7) is 0. The van der Waals surface area contributed by atoms with Gasteiger partial charge in [-0.1, -0.05) is 18.2 Å². The first-order valence-corrected chi connectivity index (χ1v) is 6.17. The van der Waals surface area contributed by atoms with Crippen LogP contribution < -0.4 is 10.1 Å². The van der Waals surface area contributed by atoms with E-state index < -0.39 is 6.10 Å². The Labute approximate surface area is 119 Å². The molecule has 102 valence electrons. The molecule has 7 nitrogen and oxygen atoms in total. The number of carbonyl (C=O) groups excluding carboxylic acids is 1. The van der Waals surface area contributed by atoms with Gasteiger partial charge in [-0.05, 0) is 11.6 Å². The molecular formula is C14H9N5O2. The number of anilines is 1. The fraction of sp³-hybridized carbons (Fsp3) is 0.143. The quantitative estimate of drug-likeness (QED) is 0.854. The van der Waals surface area contributed by atoms with Gasteiger partial charge in [-0.15, -0.1) is 0 Å². The first-order chi connectivity index (χ1) is 10.2. The highest BCUT2D eigenvalue weighted by molar-refractivity contribution is 5.93. The van der Waals surface area contributed by atoms with Crippen molar-refractivity contribution in [2.24, 2.45) is 0 Å². The number of ether oxygens (including phenoxy) is 1. The summed E-state index contributed by atoms with van der Waals surface area (Å²) in [5, 5.41) is 20.1. The molecule has 0 unspecified atom stereocenters. The van der Waals surface area contributed by atoms with Gasteiger partial charge >= 0.3 is 0 Å². The van der Waals surface area contributed by atoms with Gasteiger partial charge in [0.05, 0.1) is 0 Å². The van der Waals surface area contributed by atoms with Crippen LogP contribution in [0.15, 0.2) is 24.3 Å². The van der Waals surface area contributed by atoms with Crippen LogP contribution in [0.25, 0.3) is 0 Å². The molecule has 1 amide bonds. The van der Waals surface area contributed by atoms with Crippen molar-refractivity contribution in [3.8, 4) is 17.9 Å². The van der Waals surface area contributed by atoms with E-state index in [0.717, 1.165) is 5.56 Å². The van der Waals surface area contributed by atoms with Gasteiger partial charge in [0, 0.05) is 6.42 Å². The zero-order chi connectivity index (χ0) is 14.8. The van der Waals surface area contributed by atoms with Crippen molar-refractivity contribution in [2.45, 2.75) is 12.5 Å². The zero-order valence-electron chi connectivity index (χ0n) is 10.8. The number of aromatic nitrogens is 2. The number of hydrogen-bond donors (Lipinski definition) is 2. The number of aromatic amines is 1. The van der Waals surface area contributed by atoms with E-state index in [1.807, 2.05) is 18.2 Å². The fourth-order valence-corrected chi connectivity index (χ4v) is 2.12. The van der Waals surface area contributed by atoms with Crippen LogP contribution in [0.4, 0.5) is 5.95 Å². The van der Waals surface area contributed by atoms with Crippen LogP contribution in [0, 0.1) is 22.7 Å². The number of benzene rings is 1. The first kappa shape index (κ1) is 12.7. The average Bonchev–Trinajstić information content (AvgIpc) is 3.09. The number of hydrogen-bond acceptors (Lipinski definition) is 5. The summed E-state index contributed by atoms with van der Waals surface area (Å²) in [4.78, 5) is 18.5. The number of carbonyl (C=O) groups is 1. The molecule has 0 radical (unpaired) electrons. The highest BCUT2D eigenvalue weighted by Crippen LogP contribution is 2.28. The minimum absolute atomic E-state index is 0.0171. The maximum atomic E-state index is 12.1. The highest BCUT2D eigenvalue weighted by Gasteiger charge is 2.29. The molecule has 1 aromatic heterocycles. The van der Waals surface area contributed by atoms with Crippen molar-refractivity contribution in [2.75, 3.05) is 5.32 Å². The SMILES string of the molecule is N#Cc1nc(NC(=O)[C@H]2Cc3ccccc3O2)[nH]c1C#N. The van der Waals surface area contributed by atoms with Crippen LogP contribution in [-0.4, -0.2) is 22.0 Å². The number of para-hydroxylation sites is 1. The maximum absolute atomic E-state index is 12.1. The second kappa shape index (κ2) is 4.99. The number of H-pyrrole nitrogens is 1. The summed E-state index contributed by atoms with van der Waals surface area (Å²) in [5.74, 6) is 0.370. The second-order valence-electron chi connectivity index (χ2n) is 4.44. The number of imidazole rings is 1. The van der Waals surface area contributed by atoms with Crippen molar-refractivity contribution in [1.29, 1.82) is 10.5 Å². The van der Waals surface area contributed by atoms with Crippen LogP contribution in [0.1, 0.15) is 17.0 Å². The molecule has 2 heterocycles. The molecule has 0 fully saturated rings. The Balaban J connectivity index is 1.73. The molecule has 0 aliphatic carbocycles. The predicted octanol–water partition coefficient (Wildman–Crippen LogP) is 1.10. The van der Waals surface area contributed by atoms with E-state index in [4.69, 9.17) is 15.3 Å². The molecule has 2 aromatic rings. The van der Waals surface area contributed by atoms with E-state index in [-0.39, 0.29) is 23.2 Å². The largest absolute Gasteiger partial charge is 0.480 e.